The van der Waals surface area contributed by atoms with Crippen LogP contribution in [0.3, 0.4) is 0 Å². The maximum atomic E-state index is 11.7. The van der Waals surface area contributed by atoms with Crippen molar-refractivity contribution in [3.8, 4) is 0 Å². The zero-order chi connectivity index (χ0) is 15.9. The zero-order valence-corrected chi connectivity index (χ0v) is 15.2. The van der Waals surface area contributed by atoms with Crippen LogP contribution in [0.2, 0.25) is 5.02 Å². The van der Waals surface area contributed by atoms with E-state index in [9.17, 15) is 4.79 Å². The van der Waals surface area contributed by atoms with Gasteiger partial charge in [-0.1, -0.05) is 39.7 Å². The lowest BCUT2D eigenvalue weighted by atomic mass is 10.2. The first kappa shape index (κ1) is 17.0. The van der Waals surface area contributed by atoms with E-state index in [1.165, 1.54) is 0 Å². The van der Waals surface area contributed by atoms with Gasteiger partial charge in [0.15, 0.2) is 0 Å². The highest BCUT2D eigenvalue weighted by Crippen LogP contribution is 2.25. The minimum Gasteiger partial charge on any atom is -0.375 e. The van der Waals surface area contributed by atoms with E-state index < -0.39 is 0 Å². The lowest BCUT2D eigenvalue weighted by molar-refractivity contribution is -0.119. The van der Waals surface area contributed by atoms with E-state index in [0.29, 0.717) is 5.02 Å². The second-order valence-electron chi connectivity index (χ2n) is 4.32. The smallest absolute Gasteiger partial charge is 0.259 e. The summed E-state index contributed by atoms with van der Waals surface area (Å²) >= 11 is 12.6. The summed E-state index contributed by atoms with van der Waals surface area (Å²) in [5.74, 6) is -0.241. The van der Waals surface area contributed by atoms with Crippen molar-refractivity contribution in [2.24, 2.45) is 5.10 Å². The predicted octanol–water partition coefficient (Wildman–Crippen LogP) is 4.43. The molecule has 0 aromatic heterocycles. The number of anilines is 1. The molecule has 0 aliphatic carbocycles. The Balaban J connectivity index is 1.81. The van der Waals surface area contributed by atoms with E-state index in [2.05, 4.69) is 47.7 Å². The summed E-state index contributed by atoms with van der Waals surface area (Å²) in [5.41, 5.74) is 4.15. The average Bonchev–Trinajstić information content (AvgIpc) is 2.48. The molecule has 7 heteroatoms. The Morgan fingerprint density at radius 2 is 1.91 bits per heavy atom. The van der Waals surface area contributed by atoms with Crippen LogP contribution in [0.5, 0.6) is 0 Å². The lowest BCUT2D eigenvalue weighted by Crippen LogP contribution is -2.26. The van der Waals surface area contributed by atoms with Crippen LogP contribution in [-0.2, 0) is 4.79 Å². The molecular formula is C15H12Br2ClN3O. The van der Waals surface area contributed by atoms with Gasteiger partial charge in [0.1, 0.15) is 0 Å². The number of nitrogens with one attached hydrogen (secondary N) is 2. The summed E-state index contributed by atoms with van der Waals surface area (Å²) in [5, 5.41) is 7.53. The van der Waals surface area contributed by atoms with Gasteiger partial charge in [0.2, 0.25) is 0 Å². The van der Waals surface area contributed by atoms with Gasteiger partial charge < -0.3 is 5.32 Å². The molecule has 2 N–H and O–H groups in total. The Morgan fingerprint density at radius 3 is 2.59 bits per heavy atom. The van der Waals surface area contributed by atoms with Crippen molar-refractivity contribution in [2.75, 3.05) is 11.9 Å². The van der Waals surface area contributed by atoms with Gasteiger partial charge in [-0.2, -0.15) is 5.10 Å². The quantitative estimate of drug-likeness (QED) is 0.529. The monoisotopic (exact) mass is 443 g/mol. The van der Waals surface area contributed by atoms with E-state index in [-0.39, 0.29) is 12.5 Å². The molecule has 0 aliphatic heterocycles. The number of halogens is 3. The maximum Gasteiger partial charge on any atom is 0.259 e. The van der Waals surface area contributed by atoms with Crippen LogP contribution < -0.4 is 10.7 Å². The lowest BCUT2D eigenvalue weighted by Gasteiger charge is -2.07. The summed E-state index contributed by atoms with van der Waals surface area (Å²) in [7, 11) is 0. The summed E-state index contributed by atoms with van der Waals surface area (Å²) in [6.07, 6.45) is 1.59. The van der Waals surface area contributed by atoms with E-state index in [1.807, 2.05) is 24.3 Å². The molecule has 0 saturated heterocycles. The second-order valence-corrected chi connectivity index (χ2v) is 6.53. The molecule has 4 nitrogen and oxygen atoms in total. The van der Waals surface area contributed by atoms with Crippen molar-refractivity contribution < 1.29 is 4.79 Å². The summed E-state index contributed by atoms with van der Waals surface area (Å²) < 4.78 is 1.79. The van der Waals surface area contributed by atoms with Crippen molar-refractivity contribution in [2.45, 2.75) is 0 Å². The van der Waals surface area contributed by atoms with E-state index in [4.69, 9.17) is 11.6 Å². The summed E-state index contributed by atoms with van der Waals surface area (Å²) in [6.45, 7) is 0.109. The first-order valence-electron chi connectivity index (χ1n) is 6.31. The molecule has 0 radical (unpaired) electrons. The Hall–Kier alpha value is -1.37. The van der Waals surface area contributed by atoms with Crippen LogP contribution in [-0.4, -0.2) is 18.7 Å². The van der Waals surface area contributed by atoms with Crippen LogP contribution in [0.25, 0.3) is 0 Å². The Bertz CT molecular complexity index is 690. The van der Waals surface area contributed by atoms with Gasteiger partial charge in [-0.25, -0.2) is 5.43 Å². The molecular weight excluding hydrogens is 433 g/mol. The van der Waals surface area contributed by atoms with E-state index >= 15 is 0 Å². The maximum absolute atomic E-state index is 11.7. The fraction of sp³-hybridized carbons (Fsp3) is 0.0667. The van der Waals surface area contributed by atoms with E-state index in [1.54, 1.807) is 24.4 Å². The van der Waals surface area contributed by atoms with Crippen molar-refractivity contribution in [1.82, 2.24) is 5.43 Å². The third-order valence-electron chi connectivity index (χ3n) is 2.64. The molecule has 0 bridgehead atoms. The van der Waals surface area contributed by atoms with Gasteiger partial charge in [0, 0.05) is 19.7 Å². The van der Waals surface area contributed by atoms with Crippen LogP contribution >= 0.6 is 43.5 Å². The third-order valence-corrected chi connectivity index (χ3v) is 4.06. The average molecular weight is 446 g/mol. The molecule has 114 valence electrons. The molecule has 2 aromatic rings. The molecule has 1 amide bonds. The standard InChI is InChI=1S/C15H12Br2ClN3O/c16-11-3-1-10(2-4-11)8-20-21-15(22)9-19-14-6-5-12(18)7-13(14)17/h1-8,19H,9H2,(H,21,22). The van der Waals surface area contributed by atoms with Gasteiger partial charge in [-0.3, -0.25) is 4.79 Å². The van der Waals surface area contributed by atoms with Crippen LogP contribution in [0, 0.1) is 0 Å². The largest absolute Gasteiger partial charge is 0.375 e. The highest BCUT2D eigenvalue weighted by atomic mass is 79.9. The number of carbonyl (C=O) groups excluding carboxylic acids is 1. The normalized spacial score (nSPS) is 10.7. The van der Waals surface area contributed by atoms with Crippen molar-refractivity contribution in [3.05, 3.63) is 62.0 Å². The molecule has 2 rings (SSSR count). The molecule has 2 aromatic carbocycles. The van der Waals surface area contributed by atoms with Gasteiger partial charge in [0.05, 0.1) is 12.8 Å². The minimum atomic E-state index is -0.241. The Kier molecular flexibility index (Phi) is 6.42. The highest BCUT2D eigenvalue weighted by Gasteiger charge is 2.03. The van der Waals surface area contributed by atoms with Crippen molar-refractivity contribution in [3.63, 3.8) is 0 Å². The van der Waals surface area contributed by atoms with Crippen LogP contribution in [0.4, 0.5) is 5.69 Å². The molecule has 22 heavy (non-hydrogen) atoms. The number of benzene rings is 2. The molecule has 0 saturated carbocycles. The molecule has 0 aliphatic rings. The number of rotatable bonds is 5. The molecule has 0 heterocycles. The summed E-state index contributed by atoms with van der Waals surface area (Å²) in [6, 6.07) is 12.9. The number of nitrogens with zero attached hydrogens (tertiary/aromatic N) is 1. The zero-order valence-electron chi connectivity index (χ0n) is 11.3. The van der Waals surface area contributed by atoms with Gasteiger partial charge in [0.25, 0.3) is 5.91 Å². The number of hydrogen-bond donors (Lipinski definition) is 2. The van der Waals surface area contributed by atoms with Crippen molar-refractivity contribution in [1.29, 1.82) is 0 Å². The first-order chi connectivity index (χ1) is 10.5. The van der Waals surface area contributed by atoms with Gasteiger partial charge >= 0.3 is 0 Å². The molecule has 0 spiro atoms. The second kappa shape index (κ2) is 8.31. The predicted molar refractivity (Wildman–Crippen MR) is 97.5 cm³/mol. The number of carbonyl (C=O) groups is 1. The SMILES string of the molecule is O=C(CNc1ccc(Cl)cc1Br)NN=Cc1ccc(Br)cc1. The highest BCUT2D eigenvalue weighted by molar-refractivity contribution is 9.10. The van der Waals surface area contributed by atoms with Crippen molar-refractivity contribution >= 4 is 61.3 Å². The van der Waals surface area contributed by atoms with Crippen LogP contribution in [0.15, 0.2) is 56.5 Å². The number of amides is 1. The van der Waals surface area contributed by atoms with Gasteiger partial charge in [-0.05, 0) is 51.8 Å². The number of hydrogen-bond acceptors (Lipinski definition) is 3. The fourth-order valence-electron chi connectivity index (χ4n) is 1.58. The number of hydrazone groups is 1. The first-order valence-corrected chi connectivity index (χ1v) is 8.27. The summed E-state index contributed by atoms with van der Waals surface area (Å²) in [4.78, 5) is 11.7. The molecule has 0 unspecified atom stereocenters. The Labute approximate surface area is 150 Å². The fourth-order valence-corrected chi connectivity index (χ4v) is 2.66. The van der Waals surface area contributed by atoms with E-state index in [0.717, 1.165) is 20.2 Å². The topological polar surface area (TPSA) is 53.5 Å². The minimum absolute atomic E-state index is 0.109. The van der Waals surface area contributed by atoms with Gasteiger partial charge in [-0.15, -0.1) is 0 Å². The Morgan fingerprint density at radius 1 is 1.18 bits per heavy atom. The molecule has 0 fully saturated rings. The van der Waals surface area contributed by atoms with Crippen LogP contribution in [0.1, 0.15) is 5.56 Å². The third kappa shape index (κ3) is 5.44. The molecule has 0 atom stereocenters.